The largest absolute Gasteiger partial charge is 0.268 e. The molecule has 21 heavy (non-hydrogen) atoms. The molecule has 2 aromatic rings. The van der Waals surface area contributed by atoms with Crippen LogP contribution in [-0.2, 0) is 19.4 Å². The molecule has 0 bridgehead atoms. The third-order valence-electron chi connectivity index (χ3n) is 3.66. The monoisotopic (exact) mass is 372 g/mol. The third-order valence-corrected chi connectivity index (χ3v) is 4.88. The van der Waals surface area contributed by atoms with Gasteiger partial charge in [-0.25, -0.2) is 4.39 Å². The van der Waals surface area contributed by atoms with E-state index in [0.717, 1.165) is 46.7 Å². The zero-order valence-electron chi connectivity index (χ0n) is 12.2. The minimum atomic E-state index is -0.211. The Balaban J connectivity index is 2.30. The van der Waals surface area contributed by atoms with Gasteiger partial charge < -0.3 is 0 Å². The first kappa shape index (κ1) is 16.5. The van der Waals surface area contributed by atoms with Gasteiger partial charge in [0, 0.05) is 11.9 Å². The van der Waals surface area contributed by atoms with Gasteiger partial charge in [0.15, 0.2) is 0 Å². The molecule has 2 nitrogen and oxygen atoms in total. The van der Waals surface area contributed by atoms with Crippen molar-refractivity contribution >= 4 is 27.5 Å². The Hall–Kier alpha value is -0.870. The second kappa shape index (κ2) is 7.41. The van der Waals surface area contributed by atoms with Crippen LogP contribution in [-0.4, -0.2) is 15.1 Å². The molecule has 0 N–H and O–H groups in total. The van der Waals surface area contributed by atoms with Crippen molar-refractivity contribution in [3.63, 3.8) is 0 Å². The average molecular weight is 374 g/mol. The number of benzene rings is 1. The highest BCUT2D eigenvalue weighted by Gasteiger charge is 2.19. The Bertz CT molecular complexity index is 595. The van der Waals surface area contributed by atoms with Gasteiger partial charge in [0.2, 0.25) is 0 Å². The maximum atomic E-state index is 13.1. The summed E-state index contributed by atoms with van der Waals surface area (Å²) in [6, 6.07) is 6.67. The van der Waals surface area contributed by atoms with E-state index in [0.29, 0.717) is 0 Å². The molecule has 1 aromatic carbocycles. The van der Waals surface area contributed by atoms with Crippen LogP contribution in [0.3, 0.4) is 0 Å². The topological polar surface area (TPSA) is 17.8 Å². The Kier molecular flexibility index (Phi) is 5.82. The maximum absolute atomic E-state index is 13.1. The van der Waals surface area contributed by atoms with Crippen LogP contribution in [0.15, 0.2) is 24.3 Å². The molecular weight excluding hydrogens is 355 g/mol. The van der Waals surface area contributed by atoms with Crippen molar-refractivity contribution in [2.45, 2.75) is 39.2 Å². The molecule has 1 heterocycles. The molecule has 1 aromatic heterocycles. The lowest BCUT2D eigenvalue weighted by molar-refractivity contribution is 0.593. The van der Waals surface area contributed by atoms with Gasteiger partial charge in [-0.05, 0) is 43.4 Å². The summed E-state index contributed by atoms with van der Waals surface area (Å²) in [5.74, 6) is 0.0341. The molecule has 0 radical (unpaired) electrons. The highest BCUT2D eigenvalue weighted by Crippen LogP contribution is 2.29. The number of halogens is 3. The summed E-state index contributed by atoms with van der Waals surface area (Å²) in [7, 11) is 0. The summed E-state index contributed by atoms with van der Waals surface area (Å²) in [6.07, 6.45) is 1.62. The van der Waals surface area contributed by atoms with Crippen molar-refractivity contribution in [2.75, 3.05) is 5.33 Å². The molecule has 0 aliphatic carbocycles. The first-order valence-electron chi connectivity index (χ1n) is 7.16. The zero-order chi connectivity index (χ0) is 15.4. The summed E-state index contributed by atoms with van der Waals surface area (Å²) in [6.45, 7) is 4.92. The Morgan fingerprint density at radius 1 is 1.29 bits per heavy atom. The van der Waals surface area contributed by atoms with Gasteiger partial charge in [0.05, 0.1) is 16.4 Å². The quantitative estimate of drug-likeness (QED) is 0.653. The van der Waals surface area contributed by atoms with Crippen molar-refractivity contribution in [3.8, 4) is 0 Å². The van der Waals surface area contributed by atoms with Gasteiger partial charge in [-0.15, -0.1) is 0 Å². The lowest BCUT2D eigenvalue weighted by Gasteiger charge is -2.15. The van der Waals surface area contributed by atoms with Crippen LogP contribution in [0.4, 0.5) is 4.39 Å². The molecule has 0 saturated heterocycles. The summed E-state index contributed by atoms with van der Waals surface area (Å²) in [5, 5.41) is 6.12. The fourth-order valence-electron chi connectivity index (χ4n) is 2.44. The molecule has 114 valence electrons. The average Bonchev–Trinajstić information content (AvgIpc) is 2.81. The van der Waals surface area contributed by atoms with E-state index in [2.05, 4.69) is 34.9 Å². The zero-order valence-corrected chi connectivity index (χ0v) is 14.6. The van der Waals surface area contributed by atoms with Crippen molar-refractivity contribution in [1.29, 1.82) is 0 Å². The normalized spacial score (nSPS) is 12.6. The number of nitrogens with zero attached hydrogens (tertiary/aromatic N) is 2. The Labute approximate surface area is 138 Å². The van der Waals surface area contributed by atoms with Crippen LogP contribution >= 0.6 is 27.5 Å². The smallest absolute Gasteiger partial charge is 0.123 e. The van der Waals surface area contributed by atoms with E-state index in [1.54, 1.807) is 0 Å². The number of hydrogen-bond donors (Lipinski definition) is 0. The van der Waals surface area contributed by atoms with Crippen molar-refractivity contribution in [2.24, 2.45) is 0 Å². The molecule has 0 aliphatic rings. The molecule has 0 amide bonds. The fourth-order valence-corrected chi connectivity index (χ4v) is 3.39. The Morgan fingerprint density at radius 3 is 2.48 bits per heavy atom. The van der Waals surface area contributed by atoms with Gasteiger partial charge in [0.25, 0.3) is 0 Å². The summed E-state index contributed by atoms with van der Waals surface area (Å²) < 4.78 is 15.0. The van der Waals surface area contributed by atoms with Crippen LogP contribution in [0, 0.1) is 5.82 Å². The number of aromatic nitrogens is 2. The van der Waals surface area contributed by atoms with E-state index in [-0.39, 0.29) is 11.7 Å². The number of hydrogen-bond acceptors (Lipinski definition) is 1. The lowest BCUT2D eigenvalue weighted by Crippen LogP contribution is -2.10. The van der Waals surface area contributed by atoms with Gasteiger partial charge in [-0.1, -0.05) is 46.6 Å². The van der Waals surface area contributed by atoms with Gasteiger partial charge >= 0.3 is 0 Å². The molecular formula is C16H19BrClFN2. The number of alkyl halides is 1. The van der Waals surface area contributed by atoms with E-state index in [1.807, 2.05) is 16.8 Å². The minimum Gasteiger partial charge on any atom is -0.268 e. The number of rotatable bonds is 6. The minimum absolute atomic E-state index is 0.211. The molecule has 0 spiro atoms. The molecule has 5 heteroatoms. The molecule has 2 rings (SSSR count). The molecule has 0 saturated carbocycles. The summed E-state index contributed by atoms with van der Waals surface area (Å²) >= 11 is 10.0. The van der Waals surface area contributed by atoms with Crippen LogP contribution < -0.4 is 0 Å². The first-order valence-corrected chi connectivity index (χ1v) is 8.66. The second-order valence-electron chi connectivity index (χ2n) is 4.98. The van der Waals surface area contributed by atoms with Gasteiger partial charge in [0.1, 0.15) is 5.82 Å². The standard InChI is InChI=1S/C16H19BrClFN2/c1-3-14-16(18)15(21(4-2)20-14)9-12(10-17)11-5-7-13(19)8-6-11/h5-8,12H,3-4,9-10H2,1-2H3. The molecule has 1 unspecified atom stereocenters. The van der Waals surface area contributed by atoms with Crippen molar-refractivity contribution < 1.29 is 4.39 Å². The van der Waals surface area contributed by atoms with Crippen molar-refractivity contribution in [3.05, 3.63) is 52.1 Å². The fraction of sp³-hybridized carbons (Fsp3) is 0.438. The molecule has 0 aliphatic heterocycles. The first-order chi connectivity index (χ1) is 10.1. The predicted molar refractivity (Wildman–Crippen MR) is 88.9 cm³/mol. The van der Waals surface area contributed by atoms with E-state index in [1.165, 1.54) is 12.1 Å². The van der Waals surface area contributed by atoms with E-state index in [4.69, 9.17) is 11.6 Å². The highest BCUT2D eigenvalue weighted by molar-refractivity contribution is 9.09. The molecule has 1 atom stereocenters. The third kappa shape index (κ3) is 3.67. The second-order valence-corrected chi connectivity index (χ2v) is 6.01. The highest BCUT2D eigenvalue weighted by atomic mass is 79.9. The summed E-state index contributed by atoms with van der Waals surface area (Å²) in [5.41, 5.74) is 3.11. The van der Waals surface area contributed by atoms with Crippen LogP contribution in [0.25, 0.3) is 0 Å². The maximum Gasteiger partial charge on any atom is 0.123 e. The predicted octanol–water partition coefficient (Wildman–Crippen LogP) is 4.98. The van der Waals surface area contributed by atoms with Crippen LogP contribution in [0.5, 0.6) is 0 Å². The van der Waals surface area contributed by atoms with E-state index >= 15 is 0 Å². The van der Waals surface area contributed by atoms with Gasteiger partial charge in [-0.3, -0.25) is 4.68 Å². The summed E-state index contributed by atoms with van der Waals surface area (Å²) in [4.78, 5) is 0. The van der Waals surface area contributed by atoms with E-state index < -0.39 is 0 Å². The number of aryl methyl sites for hydroxylation is 2. The molecule has 0 fully saturated rings. The Morgan fingerprint density at radius 2 is 1.95 bits per heavy atom. The van der Waals surface area contributed by atoms with Gasteiger partial charge in [-0.2, -0.15) is 5.10 Å². The van der Waals surface area contributed by atoms with Crippen LogP contribution in [0.1, 0.15) is 36.7 Å². The lowest BCUT2D eigenvalue weighted by atomic mass is 9.96. The van der Waals surface area contributed by atoms with Crippen molar-refractivity contribution in [1.82, 2.24) is 9.78 Å². The SMILES string of the molecule is CCc1nn(CC)c(CC(CBr)c2ccc(F)cc2)c1Cl. The van der Waals surface area contributed by atoms with Crippen LogP contribution in [0.2, 0.25) is 5.02 Å². The van der Waals surface area contributed by atoms with E-state index in [9.17, 15) is 4.39 Å².